The predicted octanol–water partition coefficient (Wildman–Crippen LogP) is 3.86. The minimum Gasteiger partial charge on any atom is -0.311 e. The summed E-state index contributed by atoms with van der Waals surface area (Å²) in [5.74, 6) is 0.650. The Labute approximate surface area is 121 Å². The molecule has 2 heteroatoms. The molecule has 1 N–H and O–H groups in total. The number of fused-ring (bicyclic) bond motifs is 1. The van der Waals surface area contributed by atoms with E-state index in [9.17, 15) is 0 Å². The number of nitrogens with zero attached hydrogens (tertiary/aromatic N) is 1. The molecule has 3 rings (SSSR count). The number of nitrogens with one attached hydrogen (secondary N) is 1. The highest BCUT2D eigenvalue weighted by atomic mass is 15.0. The summed E-state index contributed by atoms with van der Waals surface area (Å²) in [7, 11) is 0. The highest BCUT2D eigenvalue weighted by Gasteiger charge is 2.36. The first kappa shape index (κ1) is 13.6. The first-order chi connectivity index (χ1) is 9.61. The van der Waals surface area contributed by atoms with Crippen LogP contribution in [0.3, 0.4) is 0 Å². The van der Waals surface area contributed by atoms with Crippen molar-refractivity contribution in [3.63, 3.8) is 0 Å². The minimum absolute atomic E-state index is 0.260. The van der Waals surface area contributed by atoms with E-state index in [-0.39, 0.29) is 5.54 Å². The Morgan fingerprint density at radius 1 is 1.30 bits per heavy atom. The van der Waals surface area contributed by atoms with Gasteiger partial charge in [-0.15, -0.1) is 0 Å². The van der Waals surface area contributed by atoms with Gasteiger partial charge in [-0.2, -0.15) is 0 Å². The second-order valence-corrected chi connectivity index (χ2v) is 6.46. The van der Waals surface area contributed by atoms with Crippen molar-refractivity contribution < 1.29 is 0 Å². The molecule has 2 nitrogen and oxygen atoms in total. The lowest BCUT2D eigenvalue weighted by Gasteiger charge is -2.34. The molecule has 0 radical (unpaired) electrons. The van der Waals surface area contributed by atoms with E-state index in [0.717, 1.165) is 24.2 Å². The fraction of sp³-hybridized carbons (Fsp3) is 0.500. The SMILES string of the molecule is Cc1cc(CC2(C(C)C)CCCN2)c2ccccc2n1. The molecular formula is C18H24N2. The molecule has 1 aromatic carbocycles. The van der Waals surface area contributed by atoms with Gasteiger partial charge in [-0.25, -0.2) is 0 Å². The van der Waals surface area contributed by atoms with Crippen LogP contribution in [0.15, 0.2) is 30.3 Å². The topological polar surface area (TPSA) is 24.9 Å². The Kier molecular flexibility index (Phi) is 3.51. The number of pyridine rings is 1. The second kappa shape index (κ2) is 5.17. The molecule has 1 aliphatic heterocycles. The zero-order valence-corrected chi connectivity index (χ0v) is 12.7. The molecule has 0 saturated carbocycles. The van der Waals surface area contributed by atoms with Crippen molar-refractivity contribution in [3.05, 3.63) is 41.6 Å². The second-order valence-electron chi connectivity index (χ2n) is 6.46. The smallest absolute Gasteiger partial charge is 0.0707 e. The van der Waals surface area contributed by atoms with Crippen molar-refractivity contribution in [2.45, 2.75) is 45.6 Å². The van der Waals surface area contributed by atoms with Crippen LogP contribution >= 0.6 is 0 Å². The summed E-state index contributed by atoms with van der Waals surface area (Å²) >= 11 is 0. The number of rotatable bonds is 3. The number of hydrogen-bond donors (Lipinski definition) is 1. The highest BCUT2D eigenvalue weighted by Crippen LogP contribution is 2.33. The normalized spacial score (nSPS) is 22.8. The number of hydrogen-bond acceptors (Lipinski definition) is 2. The van der Waals surface area contributed by atoms with Crippen LogP contribution in [0.4, 0.5) is 0 Å². The summed E-state index contributed by atoms with van der Waals surface area (Å²) in [5.41, 5.74) is 3.95. The van der Waals surface area contributed by atoms with Crippen molar-refractivity contribution in [1.82, 2.24) is 10.3 Å². The van der Waals surface area contributed by atoms with Crippen molar-refractivity contribution >= 4 is 10.9 Å². The zero-order chi connectivity index (χ0) is 14.2. The van der Waals surface area contributed by atoms with E-state index in [1.165, 1.54) is 23.8 Å². The van der Waals surface area contributed by atoms with Gasteiger partial charge in [-0.1, -0.05) is 32.0 Å². The van der Waals surface area contributed by atoms with Crippen LogP contribution in [0.25, 0.3) is 10.9 Å². The summed E-state index contributed by atoms with van der Waals surface area (Å²) in [6, 6.07) is 10.8. The molecule has 1 atom stereocenters. The highest BCUT2D eigenvalue weighted by molar-refractivity contribution is 5.82. The fourth-order valence-corrected chi connectivity index (χ4v) is 3.56. The largest absolute Gasteiger partial charge is 0.311 e. The predicted molar refractivity (Wildman–Crippen MR) is 85.0 cm³/mol. The molecule has 2 heterocycles. The van der Waals surface area contributed by atoms with E-state index in [1.807, 2.05) is 0 Å². The molecule has 20 heavy (non-hydrogen) atoms. The monoisotopic (exact) mass is 268 g/mol. The van der Waals surface area contributed by atoms with E-state index in [1.54, 1.807) is 0 Å². The van der Waals surface area contributed by atoms with Crippen LogP contribution in [0.5, 0.6) is 0 Å². The number of aromatic nitrogens is 1. The van der Waals surface area contributed by atoms with E-state index < -0.39 is 0 Å². The lowest BCUT2D eigenvalue weighted by atomic mass is 9.79. The van der Waals surface area contributed by atoms with Gasteiger partial charge < -0.3 is 5.32 Å². The van der Waals surface area contributed by atoms with Crippen LogP contribution in [-0.2, 0) is 6.42 Å². The van der Waals surface area contributed by atoms with E-state index in [2.05, 4.69) is 61.4 Å². The van der Waals surface area contributed by atoms with Gasteiger partial charge in [0.05, 0.1) is 5.52 Å². The third kappa shape index (κ3) is 2.33. The first-order valence-corrected chi connectivity index (χ1v) is 7.71. The molecule has 1 fully saturated rings. The standard InChI is InChI=1S/C18H24N2/c1-13(2)18(9-6-10-19-18)12-15-11-14(3)20-17-8-5-4-7-16(15)17/h4-5,7-8,11,13,19H,6,9-10,12H2,1-3H3. The molecule has 1 saturated heterocycles. The van der Waals surface area contributed by atoms with Gasteiger partial charge >= 0.3 is 0 Å². The average Bonchev–Trinajstić information content (AvgIpc) is 2.88. The van der Waals surface area contributed by atoms with Gasteiger partial charge in [-0.3, -0.25) is 4.98 Å². The minimum atomic E-state index is 0.260. The average molecular weight is 268 g/mol. The van der Waals surface area contributed by atoms with Gasteiger partial charge in [0.15, 0.2) is 0 Å². The Hall–Kier alpha value is -1.41. The molecule has 0 bridgehead atoms. The third-order valence-corrected chi connectivity index (χ3v) is 4.82. The molecular weight excluding hydrogens is 244 g/mol. The molecule has 1 unspecified atom stereocenters. The van der Waals surface area contributed by atoms with Crippen LogP contribution in [0.2, 0.25) is 0 Å². The van der Waals surface area contributed by atoms with Crippen molar-refractivity contribution in [1.29, 1.82) is 0 Å². The number of para-hydroxylation sites is 1. The molecule has 1 aliphatic rings. The Bertz CT molecular complexity index is 610. The molecule has 0 spiro atoms. The fourth-order valence-electron chi connectivity index (χ4n) is 3.56. The Morgan fingerprint density at radius 2 is 2.10 bits per heavy atom. The van der Waals surface area contributed by atoms with Gasteiger partial charge in [-0.05, 0) is 56.3 Å². The van der Waals surface area contributed by atoms with E-state index in [0.29, 0.717) is 5.92 Å². The summed E-state index contributed by atoms with van der Waals surface area (Å²) in [5, 5.41) is 5.09. The Balaban J connectivity index is 2.06. The molecule has 106 valence electrons. The number of benzene rings is 1. The summed E-state index contributed by atoms with van der Waals surface area (Å²) < 4.78 is 0. The summed E-state index contributed by atoms with van der Waals surface area (Å²) in [6.45, 7) is 7.93. The molecule has 0 amide bonds. The van der Waals surface area contributed by atoms with Crippen molar-refractivity contribution in [2.75, 3.05) is 6.54 Å². The molecule has 2 aromatic rings. The van der Waals surface area contributed by atoms with Gasteiger partial charge in [0, 0.05) is 16.6 Å². The van der Waals surface area contributed by atoms with E-state index in [4.69, 9.17) is 0 Å². The summed E-state index contributed by atoms with van der Waals surface area (Å²) in [6.07, 6.45) is 3.68. The van der Waals surface area contributed by atoms with Gasteiger partial charge in [0.25, 0.3) is 0 Å². The van der Waals surface area contributed by atoms with Crippen LogP contribution in [-0.4, -0.2) is 17.1 Å². The number of aryl methyl sites for hydroxylation is 1. The van der Waals surface area contributed by atoms with Gasteiger partial charge in [0.2, 0.25) is 0 Å². The molecule has 1 aromatic heterocycles. The first-order valence-electron chi connectivity index (χ1n) is 7.71. The lowest BCUT2D eigenvalue weighted by molar-refractivity contribution is 0.270. The van der Waals surface area contributed by atoms with Crippen molar-refractivity contribution in [3.8, 4) is 0 Å². The Morgan fingerprint density at radius 3 is 2.80 bits per heavy atom. The van der Waals surface area contributed by atoms with Gasteiger partial charge in [0.1, 0.15) is 0 Å². The van der Waals surface area contributed by atoms with Crippen LogP contribution in [0.1, 0.15) is 37.9 Å². The maximum Gasteiger partial charge on any atom is 0.0707 e. The maximum absolute atomic E-state index is 4.66. The van der Waals surface area contributed by atoms with Crippen LogP contribution in [0, 0.1) is 12.8 Å². The summed E-state index contributed by atoms with van der Waals surface area (Å²) in [4.78, 5) is 4.66. The third-order valence-electron chi connectivity index (χ3n) is 4.82. The van der Waals surface area contributed by atoms with Crippen LogP contribution < -0.4 is 5.32 Å². The lowest BCUT2D eigenvalue weighted by Crippen LogP contribution is -2.46. The zero-order valence-electron chi connectivity index (χ0n) is 12.7. The van der Waals surface area contributed by atoms with E-state index >= 15 is 0 Å². The molecule has 0 aliphatic carbocycles. The van der Waals surface area contributed by atoms with Crippen molar-refractivity contribution in [2.24, 2.45) is 5.92 Å². The quantitative estimate of drug-likeness (QED) is 0.914. The maximum atomic E-state index is 4.66.